The summed E-state index contributed by atoms with van der Waals surface area (Å²) in [7, 11) is 0. The fourth-order valence-electron chi connectivity index (χ4n) is 2.56. The molecule has 0 aromatic carbocycles. The van der Waals surface area contributed by atoms with Gasteiger partial charge in [0.15, 0.2) is 0 Å². The van der Waals surface area contributed by atoms with E-state index in [1.54, 1.807) is 0 Å². The molecule has 0 spiro atoms. The second kappa shape index (κ2) is 5.00. The lowest BCUT2D eigenvalue weighted by Gasteiger charge is -2.39. The summed E-state index contributed by atoms with van der Waals surface area (Å²) in [5.41, 5.74) is 1.35. The van der Waals surface area contributed by atoms with Crippen molar-refractivity contribution in [1.82, 2.24) is 10.6 Å². The number of rotatable bonds is 4. The van der Waals surface area contributed by atoms with Crippen molar-refractivity contribution < 1.29 is 4.79 Å². The maximum Gasteiger partial charge on any atom is 0.226 e. The summed E-state index contributed by atoms with van der Waals surface area (Å²) in [6, 6.07) is 0. The zero-order valence-electron chi connectivity index (χ0n) is 10.1. The zero-order chi connectivity index (χ0) is 11.4. The Bertz CT molecular complexity index is 287. The Kier molecular flexibility index (Phi) is 3.64. The average molecular weight is 222 g/mol. The van der Waals surface area contributed by atoms with E-state index >= 15 is 0 Å². The van der Waals surface area contributed by atoms with Crippen molar-refractivity contribution in [3.05, 3.63) is 11.6 Å². The summed E-state index contributed by atoms with van der Waals surface area (Å²) in [4.78, 5) is 12.1. The summed E-state index contributed by atoms with van der Waals surface area (Å²) < 4.78 is 0. The van der Waals surface area contributed by atoms with Gasteiger partial charge < -0.3 is 10.6 Å². The third-order valence-corrected chi connectivity index (χ3v) is 4.10. The van der Waals surface area contributed by atoms with Crippen molar-refractivity contribution in [2.45, 2.75) is 39.0 Å². The molecule has 1 saturated carbocycles. The van der Waals surface area contributed by atoms with Crippen LogP contribution in [0.4, 0.5) is 0 Å². The molecule has 2 rings (SSSR count). The maximum absolute atomic E-state index is 12.1. The first-order valence-corrected chi connectivity index (χ1v) is 6.44. The molecule has 1 fully saturated rings. The molecule has 1 amide bonds. The third-order valence-electron chi connectivity index (χ3n) is 4.10. The highest BCUT2D eigenvalue weighted by Crippen LogP contribution is 2.43. The lowest BCUT2D eigenvalue weighted by atomic mass is 9.66. The Labute approximate surface area is 97.7 Å². The van der Waals surface area contributed by atoms with E-state index in [9.17, 15) is 4.79 Å². The van der Waals surface area contributed by atoms with E-state index in [1.165, 1.54) is 12.0 Å². The van der Waals surface area contributed by atoms with E-state index < -0.39 is 0 Å². The third kappa shape index (κ3) is 2.29. The van der Waals surface area contributed by atoms with Gasteiger partial charge in [-0.1, -0.05) is 25.0 Å². The molecule has 3 heteroatoms. The highest BCUT2D eigenvalue weighted by molar-refractivity contribution is 5.83. The summed E-state index contributed by atoms with van der Waals surface area (Å²) >= 11 is 0. The minimum Gasteiger partial charge on any atom is -0.352 e. The van der Waals surface area contributed by atoms with Crippen LogP contribution in [-0.2, 0) is 4.79 Å². The van der Waals surface area contributed by atoms with Gasteiger partial charge in [0, 0.05) is 18.5 Å². The fraction of sp³-hybridized carbons (Fsp3) is 0.769. The molecule has 16 heavy (non-hydrogen) atoms. The monoisotopic (exact) mass is 222 g/mol. The van der Waals surface area contributed by atoms with Gasteiger partial charge in [0.25, 0.3) is 0 Å². The van der Waals surface area contributed by atoms with E-state index in [-0.39, 0.29) is 11.3 Å². The van der Waals surface area contributed by atoms with E-state index in [0.29, 0.717) is 0 Å². The Morgan fingerprint density at radius 3 is 2.88 bits per heavy atom. The molecule has 0 bridgehead atoms. The van der Waals surface area contributed by atoms with Crippen molar-refractivity contribution in [2.75, 3.05) is 19.6 Å². The van der Waals surface area contributed by atoms with Crippen LogP contribution in [-0.4, -0.2) is 25.5 Å². The zero-order valence-corrected chi connectivity index (χ0v) is 10.1. The Balaban J connectivity index is 1.81. The molecule has 0 aromatic heterocycles. The standard InChI is InChI=1S/C13H22N2O/c1-2-13(6-3-7-13)12(16)15-10-11-4-8-14-9-5-11/h4,14H,2-3,5-10H2,1H3,(H,15,16). The van der Waals surface area contributed by atoms with Crippen LogP contribution in [0.25, 0.3) is 0 Å². The van der Waals surface area contributed by atoms with Gasteiger partial charge in [-0.3, -0.25) is 4.79 Å². The second-order valence-corrected chi connectivity index (χ2v) is 4.99. The average Bonchev–Trinajstić information content (AvgIpc) is 2.27. The SMILES string of the molecule is CCC1(C(=O)NCC2=CCNCC2)CCC1. The molecule has 0 aromatic rings. The molecule has 0 atom stereocenters. The molecule has 0 radical (unpaired) electrons. The highest BCUT2D eigenvalue weighted by atomic mass is 16.2. The van der Waals surface area contributed by atoms with Gasteiger partial charge in [-0.25, -0.2) is 0 Å². The van der Waals surface area contributed by atoms with E-state index in [2.05, 4.69) is 23.6 Å². The summed E-state index contributed by atoms with van der Waals surface area (Å²) in [6.07, 6.45) is 7.63. The van der Waals surface area contributed by atoms with Crippen LogP contribution in [0.1, 0.15) is 39.0 Å². The molecule has 1 aliphatic heterocycles. The maximum atomic E-state index is 12.1. The van der Waals surface area contributed by atoms with Crippen LogP contribution < -0.4 is 10.6 Å². The molecule has 3 nitrogen and oxygen atoms in total. The van der Waals surface area contributed by atoms with Gasteiger partial charge in [0.05, 0.1) is 0 Å². The van der Waals surface area contributed by atoms with Crippen LogP contribution in [0.15, 0.2) is 11.6 Å². The van der Waals surface area contributed by atoms with Gasteiger partial charge in [-0.2, -0.15) is 0 Å². The number of hydrogen-bond acceptors (Lipinski definition) is 2. The molecule has 2 aliphatic rings. The summed E-state index contributed by atoms with van der Waals surface area (Å²) in [5, 5.41) is 6.39. The normalized spacial score (nSPS) is 23.2. The van der Waals surface area contributed by atoms with Gasteiger partial charge in [-0.15, -0.1) is 0 Å². The largest absolute Gasteiger partial charge is 0.352 e. The van der Waals surface area contributed by atoms with Crippen molar-refractivity contribution in [2.24, 2.45) is 5.41 Å². The van der Waals surface area contributed by atoms with E-state index in [4.69, 9.17) is 0 Å². The molecule has 1 aliphatic carbocycles. The van der Waals surface area contributed by atoms with Gasteiger partial charge in [0.1, 0.15) is 0 Å². The van der Waals surface area contributed by atoms with Crippen LogP contribution >= 0.6 is 0 Å². The number of nitrogens with one attached hydrogen (secondary N) is 2. The second-order valence-electron chi connectivity index (χ2n) is 4.99. The quantitative estimate of drug-likeness (QED) is 0.709. The van der Waals surface area contributed by atoms with E-state index in [0.717, 1.165) is 45.3 Å². The van der Waals surface area contributed by atoms with Gasteiger partial charge in [0.2, 0.25) is 5.91 Å². The molecular formula is C13H22N2O. The predicted octanol–water partition coefficient (Wildman–Crippen LogP) is 1.60. The number of carbonyl (C=O) groups excluding carboxylic acids is 1. The van der Waals surface area contributed by atoms with Crippen molar-refractivity contribution in [1.29, 1.82) is 0 Å². The Morgan fingerprint density at radius 1 is 1.56 bits per heavy atom. The van der Waals surface area contributed by atoms with E-state index in [1.807, 2.05) is 0 Å². The first kappa shape index (κ1) is 11.6. The molecule has 90 valence electrons. The first-order valence-electron chi connectivity index (χ1n) is 6.44. The van der Waals surface area contributed by atoms with Crippen LogP contribution in [0.5, 0.6) is 0 Å². The van der Waals surface area contributed by atoms with Crippen LogP contribution in [0.3, 0.4) is 0 Å². The molecule has 0 saturated heterocycles. The van der Waals surface area contributed by atoms with Gasteiger partial charge in [-0.05, 0) is 32.2 Å². The van der Waals surface area contributed by atoms with Crippen molar-refractivity contribution >= 4 is 5.91 Å². The number of amides is 1. The molecule has 0 unspecified atom stereocenters. The minimum absolute atomic E-state index is 0.0204. The molecular weight excluding hydrogens is 200 g/mol. The summed E-state index contributed by atoms with van der Waals surface area (Å²) in [6.45, 7) is 4.87. The lowest BCUT2D eigenvalue weighted by molar-refractivity contribution is -0.136. The fourth-order valence-corrected chi connectivity index (χ4v) is 2.56. The molecule has 2 N–H and O–H groups in total. The lowest BCUT2D eigenvalue weighted by Crippen LogP contribution is -2.46. The topological polar surface area (TPSA) is 41.1 Å². The summed E-state index contributed by atoms with van der Waals surface area (Å²) in [5.74, 6) is 0.278. The Hall–Kier alpha value is -0.830. The highest BCUT2D eigenvalue weighted by Gasteiger charge is 2.41. The van der Waals surface area contributed by atoms with Gasteiger partial charge >= 0.3 is 0 Å². The minimum atomic E-state index is -0.0204. The van der Waals surface area contributed by atoms with Crippen molar-refractivity contribution in [3.63, 3.8) is 0 Å². The predicted molar refractivity (Wildman–Crippen MR) is 65.2 cm³/mol. The van der Waals surface area contributed by atoms with Crippen LogP contribution in [0, 0.1) is 5.41 Å². The van der Waals surface area contributed by atoms with Crippen LogP contribution in [0.2, 0.25) is 0 Å². The first-order chi connectivity index (χ1) is 7.77. The molecule has 1 heterocycles. The Morgan fingerprint density at radius 2 is 2.38 bits per heavy atom. The smallest absolute Gasteiger partial charge is 0.226 e. The van der Waals surface area contributed by atoms with Crippen molar-refractivity contribution in [3.8, 4) is 0 Å². The number of carbonyl (C=O) groups is 1. The number of hydrogen-bond donors (Lipinski definition) is 2.